The Morgan fingerprint density at radius 1 is 1.11 bits per heavy atom. The van der Waals surface area contributed by atoms with Gasteiger partial charge in [-0.1, -0.05) is 23.7 Å². The molecule has 7 heteroatoms. The molecule has 0 aliphatic carbocycles. The number of aliphatic hydroxyl groups is 2. The molecule has 2 aromatic rings. The Hall–Kier alpha value is -2.83. The highest BCUT2D eigenvalue weighted by atomic mass is 35.5. The molecule has 1 atom stereocenters. The molecule has 0 saturated carbocycles. The minimum atomic E-state index is -0.758. The number of hydrogen-bond donors (Lipinski definition) is 2. The molecule has 2 aromatic carbocycles. The Morgan fingerprint density at radius 2 is 1.75 bits per heavy atom. The molecule has 0 bridgehead atoms. The quantitative estimate of drug-likeness (QED) is 0.441. The minimum Gasteiger partial charge on any atom is -0.507 e. The maximum absolute atomic E-state index is 12.7. The number of carbonyl (C=O) groups is 2. The van der Waals surface area contributed by atoms with E-state index >= 15 is 0 Å². The molecule has 6 nitrogen and oxygen atoms in total. The predicted octanol–water partition coefficient (Wildman–Crippen LogP) is 3.15. The summed E-state index contributed by atoms with van der Waals surface area (Å²) in [6.45, 7) is 0.0741. The van der Waals surface area contributed by atoms with E-state index in [9.17, 15) is 14.7 Å². The number of rotatable bonds is 6. The van der Waals surface area contributed by atoms with Crippen LogP contribution in [0.1, 0.15) is 23.6 Å². The van der Waals surface area contributed by atoms with Crippen LogP contribution in [-0.2, 0) is 9.59 Å². The van der Waals surface area contributed by atoms with Gasteiger partial charge in [-0.15, -0.1) is 0 Å². The molecule has 1 aliphatic rings. The molecule has 3 rings (SSSR count). The highest BCUT2D eigenvalue weighted by molar-refractivity contribution is 6.46. The standard InChI is InChI=1S/C21H20ClNO5/c1-28-16-9-5-13(6-10-16)18-17(19(25)14-3-7-15(22)8-4-14)20(26)21(27)23(18)11-2-12-24/h3-10,18,24-25H,2,11-12H2,1H3/t18-/m0/s1. The lowest BCUT2D eigenvalue weighted by Crippen LogP contribution is -2.31. The highest BCUT2D eigenvalue weighted by Crippen LogP contribution is 2.39. The van der Waals surface area contributed by atoms with E-state index in [0.717, 1.165) is 0 Å². The van der Waals surface area contributed by atoms with Crippen molar-refractivity contribution in [2.24, 2.45) is 0 Å². The van der Waals surface area contributed by atoms with Crippen molar-refractivity contribution in [1.82, 2.24) is 4.90 Å². The minimum absolute atomic E-state index is 0.00966. The molecular weight excluding hydrogens is 382 g/mol. The number of ketones is 1. The zero-order valence-electron chi connectivity index (χ0n) is 15.3. The van der Waals surface area contributed by atoms with E-state index in [2.05, 4.69) is 0 Å². The molecule has 1 fully saturated rings. The Bertz CT molecular complexity index is 905. The van der Waals surface area contributed by atoms with E-state index in [1.165, 1.54) is 4.90 Å². The van der Waals surface area contributed by atoms with Crippen molar-refractivity contribution in [2.75, 3.05) is 20.3 Å². The summed E-state index contributed by atoms with van der Waals surface area (Å²) in [6.07, 6.45) is 0.320. The van der Waals surface area contributed by atoms with Crippen LogP contribution in [0.4, 0.5) is 0 Å². The van der Waals surface area contributed by atoms with Crippen molar-refractivity contribution in [3.05, 3.63) is 70.3 Å². The Kier molecular flexibility index (Phi) is 6.02. The van der Waals surface area contributed by atoms with Crippen LogP contribution < -0.4 is 4.74 Å². The van der Waals surface area contributed by atoms with Gasteiger partial charge in [0.15, 0.2) is 0 Å². The summed E-state index contributed by atoms with van der Waals surface area (Å²) >= 11 is 5.90. The summed E-state index contributed by atoms with van der Waals surface area (Å²) in [5.74, 6) is -1.09. The number of aliphatic hydroxyl groups excluding tert-OH is 2. The molecule has 1 amide bonds. The first-order valence-electron chi connectivity index (χ1n) is 8.77. The van der Waals surface area contributed by atoms with Gasteiger partial charge in [0.2, 0.25) is 0 Å². The van der Waals surface area contributed by atoms with Crippen molar-refractivity contribution < 1.29 is 24.5 Å². The summed E-state index contributed by atoms with van der Waals surface area (Å²) in [6, 6.07) is 12.6. The number of hydrogen-bond acceptors (Lipinski definition) is 5. The second-order valence-electron chi connectivity index (χ2n) is 6.35. The first kappa shape index (κ1) is 19.9. The maximum Gasteiger partial charge on any atom is 0.295 e. The van der Waals surface area contributed by atoms with E-state index in [1.807, 2.05) is 0 Å². The number of methoxy groups -OCH3 is 1. The SMILES string of the molecule is COc1ccc([C@H]2C(=C(O)c3ccc(Cl)cc3)C(=O)C(=O)N2CCCO)cc1. The summed E-state index contributed by atoms with van der Waals surface area (Å²) < 4.78 is 5.17. The van der Waals surface area contributed by atoms with Gasteiger partial charge in [0.25, 0.3) is 11.7 Å². The lowest BCUT2D eigenvalue weighted by molar-refractivity contribution is -0.140. The maximum atomic E-state index is 12.7. The smallest absolute Gasteiger partial charge is 0.295 e. The third-order valence-corrected chi connectivity index (χ3v) is 4.90. The average Bonchev–Trinajstić information content (AvgIpc) is 2.97. The van der Waals surface area contributed by atoms with Crippen LogP contribution in [0.15, 0.2) is 54.1 Å². The second-order valence-corrected chi connectivity index (χ2v) is 6.79. The molecular formula is C21H20ClNO5. The van der Waals surface area contributed by atoms with Crippen LogP contribution >= 0.6 is 11.6 Å². The Morgan fingerprint density at radius 3 is 2.32 bits per heavy atom. The van der Waals surface area contributed by atoms with E-state index in [-0.39, 0.29) is 24.5 Å². The van der Waals surface area contributed by atoms with Crippen LogP contribution in [-0.4, -0.2) is 47.1 Å². The molecule has 0 unspecified atom stereocenters. The molecule has 0 aromatic heterocycles. The monoisotopic (exact) mass is 401 g/mol. The molecule has 0 radical (unpaired) electrons. The van der Waals surface area contributed by atoms with Gasteiger partial charge in [0.1, 0.15) is 11.5 Å². The number of carbonyl (C=O) groups excluding carboxylic acids is 2. The first-order chi connectivity index (χ1) is 13.5. The molecule has 1 aliphatic heterocycles. The van der Waals surface area contributed by atoms with Gasteiger partial charge in [0, 0.05) is 23.7 Å². The fourth-order valence-electron chi connectivity index (χ4n) is 3.25. The fraction of sp³-hybridized carbons (Fsp3) is 0.238. The summed E-state index contributed by atoms with van der Waals surface area (Å²) in [7, 11) is 1.54. The summed E-state index contributed by atoms with van der Waals surface area (Å²) in [5.41, 5.74) is 1.06. The van der Waals surface area contributed by atoms with Gasteiger partial charge in [-0.05, 0) is 48.4 Å². The fourth-order valence-corrected chi connectivity index (χ4v) is 3.37. The van der Waals surface area contributed by atoms with Gasteiger partial charge < -0.3 is 19.8 Å². The van der Waals surface area contributed by atoms with Crippen molar-refractivity contribution in [3.8, 4) is 5.75 Å². The zero-order valence-corrected chi connectivity index (χ0v) is 16.0. The summed E-state index contributed by atoms with van der Waals surface area (Å²) in [4.78, 5) is 26.7. The van der Waals surface area contributed by atoms with Crippen LogP contribution in [0.3, 0.4) is 0 Å². The molecule has 28 heavy (non-hydrogen) atoms. The first-order valence-corrected chi connectivity index (χ1v) is 9.15. The van der Waals surface area contributed by atoms with E-state index in [0.29, 0.717) is 28.3 Å². The number of Topliss-reactive ketones (excluding diaryl/α,β-unsaturated/α-hetero) is 1. The normalized spacial score (nSPS) is 18.5. The summed E-state index contributed by atoms with van der Waals surface area (Å²) in [5, 5.41) is 20.5. The van der Waals surface area contributed by atoms with Gasteiger partial charge in [0.05, 0.1) is 18.7 Å². The van der Waals surface area contributed by atoms with Gasteiger partial charge in [-0.25, -0.2) is 0 Å². The van der Waals surface area contributed by atoms with Crippen molar-refractivity contribution >= 4 is 29.1 Å². The molecule has 0 spiro atoms. The van der Waals surface area contributed by atoms with Crippen LogP contribution in [0.5, 0.6) is 5.75 Å². The topological polar surface area (TPSA) is 87.1 Å². The van der Waals surface area contributed by atoms with E-state index in [1.54, 1.807) is 55.6 Å². The third kappa shape index (κ3) is 3.74. The zero-order chi connectivity index (χ0) is 20.3. The molecule has 2 N–H and O–H groups in total. The van der Waals surface area contributed by atoms with Gasteiger partial charge in [-0.2, -0.15) is 0 Å². The van der Waals surface area contributed by atoms with Crippen LogP contribution in [0.25, 0.3) is 5.76 Å². The predicted molar refractivity (Wildman–Crippen MR) is 105 cm³/mol. The van der Waals surface area contributed by atoms with Crippen molar-refractivity contribution in [2.45, 2.75) is 12.5 Å². The number of amides is 1. The number of nitrogens with zero attached hydrogens (tertiary/aromatic N) is 1. The Labute approximate surface area is 167 Å². The lowest BCUT2D eigenvalue weighted by Gasteiger charge is -2.25. The second kappa shape index (κ2) is 8.46. The van der Waals surface area contributed by atoms with Crippen LogP contribution in [0, 0.1) is 0 Å². The van der Waals surface area contributed by atoms with E-state index in [4.69, 9.17) is 21.4 Å². The number of ether oxygens (including phenoxy) is 1. The third-order valence-electron chi connectivity index (χ3n) is 4.65. The number of likely N-dealkylation sites (tertiary alicyclic amines) is 1. The van der Waals surface area contributed by atoms with Crippen LogP contribution in [0.2, 0.25) is 5.02 Å². The lowest BCUT2D eigenvalue weighted by atomic mass is 9.95. The molecule has 1 saturated heterocycles. The largest absolute Gasteiger partial charge is 0.507 e. The van der Waals surface area contributed by atoms with Crippen molar-refractivity contribution in [1.29, 1.82) is 0 Å². The number of halogens is 1. The average molecular weight is 402 g/mol. The van der Waals surface area contributed by atoms with Gasteiger partial charge >= 0.3 is 0 Å². The molecule has 146 valence electrons. The Balaban J connectivity index is 2.13. The molecule has 1 heterocycles. The van der Waals surface area contributed by atoms with Gasteiger partial charge in [-0.3, -0.25) is 9.59 Å². The van der Waals surface area contributed by atoms with E-state index < -0.39 is 17.7 Å². The number of benzene rings is 2. The highest BCUT2D eigenvalue weighted by Gasteiger charge is 2.45. The van der Waals surface area contributed by atoms with Crippen molar-refractivity contribution in [3.63, 3.8) is 0 Å².